The Morgan fingerprint density at radius 1 is 1.10 bits per heavy atom. The third-order valence-electron chi connectivity index (χ3n) is 6.77. The van der Waals surface area contributed by atoms with Gasteiger partial charge in [-0.3, -0.25) is 9.36 Å². The zero-order valence-electron chi connectivity index (χ0n) is 22.6. The average molecular weight is 712 g/mol. The van der Waals surface area contributed by atoms with Crippen LogP contribution in [0.1, 0.15) is 36.6 Å². The Morgan fingerprint density at radius 3 is 2.57 bits per heavy atom. The number of benzene rings is 3. The lowest BCUT2D eigenvalue weighted by Gasteiger charge is -2.24. The SMILES string of the molecule is CCOC(=O)C1=C(C)N=c2s/c(=C\c3cc(Br)c(OCc4ccccc4)c(Br)c3)c(=O)n2C1c1ccc2c(c1)OCO2. The number of allylic oxidation sites excluding steroid dienone is 1. The number of hydrogen-bond acceptors (Lipinski definition) is 8. The highest BCUT2D eigenvalue weighted by Gasteiger charge is 2.34. The molecule has 1 unspecified atom stereocenters. The molecule has 0 saturated heterocycles. The molecule has 4 aromatic rings. The number of ether oxygens (including phenoxy) is 4. The quantitative estimate of drug-likeness (QED) is 0.231. The molecule has 1 aromatic heterocycles. The van der Waals surface area contributed by atoms with E-state index in [1.807, 2.05) is 48.5 Å². The lowest BCUT2D eigenvalue weighted by Crippen LogP contribution is -2.39. The molecule has 3 aromatic carbocycles. The molecule has 8 nitrogen and oxygen atoms in total. The van der Waals surface area contributed by atoms with Crippen molar-refractivity contribution in [1.82, 2.24) is 4.57 Å². The number of hydrogen-bond donors (Lipinski definition) is 0. The fourth-order valence-electron chi connectivity index (χ4n) is 4.87. The van der Waals surface area contributed by atoms with Crippen molar-refractivity contribution in [2.45, 2.75) is 26.5 Å². The van der Waals surface area contributed by atoms with Crippen LogP contribution in [0.4, 0.5) is 0 Å². The van der Waals surface area contributed by atoms with Gasteiger partial charge in [0.05, 0.1) is 37.4 Å². The summed E-state index contributed by atoms with van der Waals surface area (Å²) in [5.41, 5.74) is 3.06. The summed E-state index contributed by atoms with van der Waals surface area (Å²) in [5, 5.41) is 0. The Hall–Kier alpha value is -3.67. The summed E-state index contributed by atoms with van der Waals surface area (Å²) in [6.07, 6.45) is 1.81. The molecule has 6 rings (SSSR count). The summed E-state index contributed by atoms with van der Waals surface area (Å²) in [4.78, 5) is 32.3. The molecule has 42 heavy (non-hydrogen) atoms. The number of nitrogens with zero attached hydrogens (tertiary/aromatic N) is 2. The van der Waals surface area contributed by atoms with Crippen LogP contribution in [-0.2, 0) is 16.1 Å². The molecule has 3 heterocycles. The van der Waals surface area contributed by atoms with Crippen molar-refractivity contribution in [3.63, 3.8) is 0 Å². The molecule has 0 bridgehead atoms. The lowest BCUT2D eigenvalue weighted by molar-refractivity contribution is -0.139. The summed E-state index contributed by atoms with van der Waals surface area (Å²) >= 11 is 8.49. The smallest absolute Gasteiger partial charge is 0.338 e. The monoisotopic (exact) mass is 710 g/mol. The molecule has 2 aliphatic rings. The molecule has 0 aliphatic carbocycles. The van der Waals surface area contributed by atoms with Crippen molar-refractivity contribution in [2.24, 2.45) is 4.99 Å². The fraction of sp³-hybridized carbons (Fsp3) is 0.194. The maximum atomic E-state index is 14.0. The van der Waals surface area contributed by atoms with Gasteiger partial charge in [-0.05, 0) is 92.7 Å². The number of fused-ring (bicyclic) bond motifs is 2. The Labute approximate surface area is 261 Å². The Kier molecular flexibility index (Phi) is 8.06. The summed E-state index contributed by atoms with van der Waals surface area (Å²) < 4.78 is 26.0. The van der Waals surface area contributed by atoms with Crippen molar-refractivity contribution in [3.05, 3.63) is 117 Å². The van der Waals surface area contributed by atoms with E-state index in [1.54, 1.807) is 36.6 Å². The van der Waals surface area contributed by atoms with E-state index in [4.69, 9.17) is 18.9 Å². The predicted octanol–water partition coefficient (Wildman–Crippen LogP) is 5.63. The van der Waals surface area contributed by atoms with Crippen LogP contribution in [0.25, 0.3) is 6.08 Å². The minimum atomic E-state index is -0.746. The highest BCUT2D eigenvalue weighted by molar-refractivity contribution is 9.11. The Morgan fingerprint density at radius 2 is 1.83 bits per heavy atom. The lowest BCUT2D eigenvalue weighted by atomic mass is 9.95. The van der Waals surface area contributed by atoms with E-state index in [0.717, 1.165) is 20.1 Å². The van der Waals surface area contributed by atoms with Gasteiger partial charge in [0.1, 0.15) is 12.4 Å². The molecule has 0 fully saturated rings. The van der Waals surface area contributed by atoms with Crippen LogP contribution in [0, 0.1) is 0 Å². The zero-order valence-corrected chi connectivity index (χ0v) is 26.5. The number of rotatable bonds is 7. The van der Waals surface area contributed by atoms with Gasteiger partial charge in [0.15, 0.2) is 16.3 Å². The van der Waals surface area contributed by atoms with Crippen molar-refractivity contribution in [1.29, 1.82) is 0 Å². The summed E-state index contributed by atoms with van der Waals surface area (Å²) in [7, 11) is 0. The van der Waals surface area contributed by atoms with Crippen molar-refractivity contribution in [2.75, 3.05) is 13.4 Å². The van der Waals surface area contributed by atoms with Crippen molar-refractivity contribution < 1.29 is 23.7 Å². The third kappa shape index (κ3) is 5.44. The van der Waals surface area contributed by atoms with Crippen LogP contribution >= 0.6 is 43.2 Å². The fourth-order valence-corrected chi connectivity index (χ4v) is 7.37. The average Bonchev–Trinajstić information content (AvgIpc) is 3.56. The predicted molar refractivity (Wildman–Crippen MR) is 166 cm³/mol. The first-order valence-corrected chi connectivity index (χ1v) is 15.5. The number of esters is 1. The van der Waals surface area contributed by atoms with Gasteiger partial charge in [0, 0.05) is 0 Å². The van der Waals surface area contributed by atoms with Crippen LogP contribution in [0.2, 0.25) is 0 Å². The molecule has 0 spiro atoms. The second-order valence-electron chi connectivity index (χ2n) is 9.50. The van der Waals surface area contributed by atoms with Crippen LogP contribution in [-0.4, -0.2) is 23.9 Å². The van der Waals surface area contributed by atoms with Crippen LogP contribution in [0.3, 0.4) is 0 Å². The van der Waals surface area contributed by atoms with Gasteiger partial charge in [-0.15, -0.1) is 0 Å². The second kappa shape index (κ2) is 11.9. The van der Waals surface area contributed by atoms with Gasteiger partial charge in [-0.1, -0.05) is 47.7 Å². The maximum absolute atomic E-state index is 14.0. The number of carbonyl (C=O) groups excluding carboxylic acids is 1. The van der Waals surface area contributed by atoms with Gasteiger partial charge in [0.2, 0.25) is 6.79 Å². The van der Waals surface area contributed by atoms with Gasteiger partial charge >= 0.3 is 5.97 Å². The topological polar surface area (TPSA) is 88.4 Å². The third-order valence-corrected chi connectivity index (χ3v) is 8.93. The molecule has 0 amide bonds. The minimum Gasteiger partial charge on any atom is -0.487 e. The standard InChI is InChI=1S/C31H24Br2N2O6S/c1-3-38-30(37)26-17(2)34-31-35(27(26)20-9-10-23-24(14-20)41-16-40-23)29(36)25(42-31)13-19-11-21(32)28(22(33)12-19)39-15-18-7-5-4-6-8-18/h4-14,27H,3,15-16H2,1-2H3/b25-13-. The van der Waals surface area contributed by atoms with Gasteiger partial charge in [0.25, 0.3) is 5.56 Å². The van der Waals surface area contributed by atoms with E-state index in [0.29, 0.717) is 50.0 Å². The minimum absolute atomic E-state index is 0.113. The molecule has 0 N–H and O–H groups in total. The highest BCUT2D eigenvalue weighted by Crippen LogP contribution is 2.38. The summed E-state index contributed by atoms with van der Waals surface area (Å²) in [6, 6.07) is 18.4. The first kappa shape index (κ1) is 28.4. The summed E-state index contributed by atoms with van der Waals surface area (Å²) in [6.45, 7) is 4.22. The molecule has 2 aliphatic heterocycles. The number of halogens is 2. The van der Waals surface area contributed by atoms with Crippen LogP contribution in [0.15, 0.2) is 90.7 Å². The normalized spacial score (nSPS) is 15.8. The van der Waals surface area contributed by atoms with E-state index in [2.05, 4.69) is 36.9 Å². The van der Waals surface area contributed by atoms with Gasteiger partial charge in [-0.2, -0.15) is 0 Å². The van der Waals surface area contributed by atoms with E-state index in [9.17, 15) is 9.59 Å². The zero-order chi connectivity index (χ0) is 29.4. The summed E-state index contributed by atoms with van der Waals surface area (Å²) in [5.74, 6) is 1.30. The van der Waals surface area contributed by atoms with Gasteiger partial charge in [-0.25, -0.2) is 9.79 Å². The van der Waals surface area contributed by atoms with Crippen LogP contribution < -0.4 is 29.1 Å². The number of aromatic nitrogens is 1. The highest BCUT2D eigenvalue weighted by atomic mass is 79.9. The van der Waals surface area contributed by atoms with E-state index >= 15 is 0 Å². The van der Waals surface area contributed by atoms with Crippen LogP contribution in [0.5, 0.6) is 17.2 Å². The molecule has 11 heteroatoms. The Balaban J connectivity index is 1.41. The molecule has 0 radical (unpaired) electrons. The number of thiazole rings is 1. The second-order valence-corrected chi connectivity index (χ2v) is 12.2. The molecular formula is C31H24Br2N2O6S. The largest absolute Gasteiger partial charge is 0.487 e. The molecule has 214 valence electrons. The van der Waals surface area contributed by atoms with Gasteiger partial charge < -0.3 is 18.9 Å². The van der Waals surface area contributed by atoms with Crippen molar-refractivity contribution >= 4 is 55.2 Å². The van der Waals surface area contributed by atoms with Crippen molar-refractivity contribution in [3.8, 4) is 17.2 Å². The first-order chi connectivity index (χ1) is 20.3. The van der Waals surface area contributed by atoms with E-state index in [1.165, 1.54) is 11.3 Å². The molecular weight excluding hydrogens is 688 g/mol. The Bertz CT molecular complexity index is 1890. The molecule has 0 saturated carbocycles. The maximum Gasteiger partial charge on any atom is 0.338 e. The van der Waals surface area contributed by atoms with E-state index < -0.39 is 12.0 Å². The number of carbonyl (C=O) groups is 1. The van der Waals surface area contributed by atoms with E-state index in [-0.39, 0.29) is 19.0 Å². The molecule has 1 atom stereocenters. The first-order valence-electron chi connectivity index (χ1n) is 13.1.